The smallest absolute Gasteiger partial charge is 0.0727 e. The zero-order valence-electron chi connectivity index (χ0n) is 9.84. The number of nitrogens with one attached hydrogen (secondary N) is 1. The maximum atomic E-state index is 5.63. The molecule has 2 nitrogen and oxygen atoms in total. The average molecular weight is 286 g/mol. The zero-order chi connectivity index (χ0) is 11.6. The third kappa shape index (κ3) is 5.64. The Hall–Kier alpha value is -0.380. The van der Waals surface area contributed by atoms with Crippen molar-refractivity contribution in [1.82, 2.24) is 5.32 Å². The SMILES string of the molecule is CNCCCCCOCc1ccccc1Br. The largest absolute Gasteiger partial charge is 0.377 e. The van der Waals surface area contributed by atoms with Crippen LogP contribution in [0.3, 0.4) is 0 Å². The molecule has 0 bridgehead atoms. The molecule has 0 aromatic heterocycles. The third-order valence-corrected chi connectivity index (χ3v) is 3.20. The molecule has 0 atom stereocenters. The molecule has 0 saturated heterocycles. The van der Waals surface area contributed by atoms with E-state index in [1.807, 2.05) is 25.2 Å². The van der Waals surface area contributed by atoms with E-state index in [1.165, 1.54) is 18.4 Å². The molecule has 1 N–H and O–H groups in total. The highest BCUT2D eigenvalue weighted by Gasteiger charge is 1.97. The van der Waals surface area contributed by atoms with Crippen molar-refractivity contribution in [1.29, 1.82) is 0 Å². The van der Waals surface area contributed by atoms with Crippen LogP contribution in [-0.2, 0) is 11.3 Å². The molecule has 1 aromatic rings. The summed E-state index contributed by atoms with van der Waals surface area (Å²) < 4.78 is 6.76. The second-order valence-electron chi connectivity index (χ2n) is 3.81. The van der Waals surface area contributed by atoms with Crippen molar-refractivity contribution in [2.45, 2.75) is 25.9 Å². The Morgan fingerprint density at radius 3 is 2.75 bits per heavy atom. The van der Waals surface area contributed by atoms with Gasteiger partial charge in [0.25, 0.3) is 0 Å². The fraction of sp³-hybridized carbons (Fsp3) is 0.538. The fourth-order valence-electron chi connectivity index (χ4n) is 1.48. The lowest BCUT2D eigenvalue weighted by Crippen LogP contribution is -2.07. The van der Waals surface area contributed by atoms with Crippen LogP contribution in [-0.4, -0.2) is 20.2 Å². The van der Waals surface area contributed by atoms with Crippen molar-refractivity contribution in [3.8, 4) is 0 Å². The van der Waals surface area contributed by atoms with Crippen LogP contribution in [0.1, 0.15) is 24.8 Å². The normalized spacial score (nSPS) is 10.6. The van der Waals surface area contributed by atoms with Crippen LogP contribution in [0, 0.1) is 0 Å². The number of hydrogen-bond donors (Lipinski definition) is 1. The lowest BCUT2D eigenvalue weighted by atomic mass is 10.2. The quantitative estimate of drug-likeness (QED) is 0.740. The molecule has 0 aliphatic rings. The summed E-state index contributed by atoms with van der Waals surface area (Å²) in [6, 6.07) is 8.19. The fourth-order valence-corrected chi connectivity index (χ4v) is 1.88. The highest BCUT2D eigenvalue weighted by molar-refractivity contribution is 9.10. The van der Waals surface area contributed by atoms with Gasteiger partial charge < -0.3 is 10.1 Å². The summed E-state index contributed by atoms with van der Waals surface area (Å²) >= 11 is 3.51. The van der Waals surface area contributed by atoms with Crippen molar-refractivity contribution >= 4 is 15.9 Å². The summed E-state index contributed by atoms with van der Waals surface area (Å²) in [6.45, 7) is 2.66. The monoisotopic (exact) mass is 285 g/mol. The lowest BCUT2D eigenvalue weighted by molar-refractivity contribution is 0.116. The maximum absolute atomic E-state index is 5.63. The van der Waals surface area contributed by atoms with E-state index in [0.29, 0.717) is 6.61 Å². The second-order valence-corrected chi connectivity index (χ2v) is 4.66. The van der Waals surface area contributed by atoms with Crippen molar-refractivity contribution in [3.63, 3.8) is 0 Å². The van der Waals surface area contributed by atoms with Crippen LogP contribution in [0.25, 0.3) is 0 Å². The first-order chi connectivity index (χ1) is 7.84. The molecule has 0 saturated carbocycles. The van der Waals surface area contributed by atoms with Gasteiger partial charge in [-0.1, -0.05) is 34.1 Å². The molecule has 0 spiro atoms. The number of unbranched alkanes of at least 4 members (excludes halogenated alkanes) is 2. The van der Waals surface area contributed by atoms with Gasteiger partial charge in [0.05, 0.1) is 6.61 Å². The number of rotatable bonds is 8. The molecule has 0 amide bonds. The van der Waals surface area contributed by atoms with E-state index in [2.05, 4.69) is 27.3 Å². The van der Waals surface area contributed by atoms with E-state index in [1.54, 1.807) is 0 Å². The van der Waals surface area contributed by atoms with Gasteiger partial charge >= 0.3 is 0 Å². The Morgan fingerprint density at radius 2 is 2.00 bits per heavy atom. The van der Waals surface area contributed by atoms with Crippen molar-refractivity contribution < 1.29 is 4.74 Å². The number of ether oxygens (including phenoxy) is 1. The molecule has 0 radical (unpaired) electrons. The first-order valence-corrected chi connectivity index (χ1v) is 6.59. The molecule has 1 rings (SSSR count). The maximum Gasteiger partial charge on any atom is 0.0727 e. The van der Waals surface area contributed by atoms with Gasteiger partial charge in [0.2, 0.25) is 0 Å². The first kappa shape index (κ1) is 13.7. The Bertz CT molecular complexity index is 291. The van der Waals surface area contributed by atoms with Gasteiger partial charge in [-0.25, -0.2) is 0 Å². The van der Waals surface area contributed by atoms with Crippen LogP contribution < -0.4 is 5.32 Å². The van der Waals surface area contributed by atoms with E-state index in [-0.39, 0.29) is 0 Å². The minimum Gasteiger partial charge on any atom is -0.377 e. The molecule has 90 valence electrons. The van der Waals surface area contributed by atoms with Crippen molar-refractivity contribution in [3.05, 3.63) is 34.3 Å². The Kier molecular flexibility index (Phi) is 7.47. The summed E-state index contributed by atoms with van der Waals surface area (Å²) in [7, 11) is 1.99. The molecule has 16 heavy (non-hydrogen) atoms. The Morgan fingerprint density at radius 1 is 1.19 bits per heavy atom. The van der Waals surface area contributed by atoms with Crippen molar-refractivity contribution in [2.24, 2.45) is 0 Å². The van der Waals surface area contributed by atoms with Gasteiger partial charge in [-0.2, -0.15) is 0 Å². The van der Waals surface area contributed by atoms with Crippen LogP contribution in [0.15, 0.2) is 28.7 Å². The van der Waals surface area contributed by atoms with E-state index in [4.69, 9.17) is 4.74 Å². The van der Waals surface area contributed by atoms with E-state index in [0.717, 1.165) is 24.0 Å². The molecule has 3 heteroatoms. The number of hydrogen-bond acceptors (Lipinski definition) is 2. The summed E-state index contributed by atoms with van der Waals surface area (Å²) in [5.41, 5.74) is 1.22. The van der Waals surface area contributed by atoms with Gasteiger partial charge in [0, 0.05) is 11.1 Å². The molecular weight excluding hydrogens is 266 g/mol. The molecular formula is C13H20BrNO. The molecule has 0 fully saturated rings. The van der Waals surface area contributed by atoms with Crippen molar-refractivity contribution in [2.75, 3.05) is 20.2 Å². The standard InChI is InChI=1S/C13H20BrNO/c1-15-9-5-2-6-10-16-11-12-7-3-4-8-13(12)14/h3-4,7-8,15H,2,5-6,9-11H2,1H3. The van der Waals surface area contributed by atoms with E-state index >= 15 is 0 Å². The first-order valence-electron chi connectivity index (χ1n) is 5.80. The lowest BCUT2D eigenvalue weighted by Gasteiger charge is -2.06. The predicted molar refractivity (Wildman–Crippen MR) is 71.6 cm³/mol. The van der Waals surface area contributed by atoms with Crippen LogP contribution in [0.5, 0.6) is 0 Å². The number of benzene rings is 1. The zero-order valence-corrected chi connectivity index (χ0v) is 11.4. The van der Waals surface area contributed by atoms with Gasteiger partial charge in [0.1, 0.15) is 0 Å². The average Bonchev–Trinajstić information content (AvgIpc) is 2.30. The van der Waals surface area contributed by atoms with E-state index < -0.39 is 0 Å². The minimum absolute atomic E-state index is 0.702. The Balaban J connectivity index is 2.05. The number of halogens is 1. The summed E-state index contributed by atoms with van der Waals surface area (Å²) in [4.78, 5) is 0. The minimum atomic E-state index is 0.702. The topological polar surface area (TPSA) is 21.3 Å². The van der Waals surface area contributed by atoms with Crippen LogP contribution >= 0.6 is 15.9 Å². The van der Waals surface area contributed by atoms with Crippen LogP contribution in [0.2, 0.25) is 0 Å². The van der Waals surface area contributed by atoms with Gasteiger partial charge in [-0.05, 0) is 44.5 Å². The molecule has 0 aliphatic heterocycles. The summed E-state index contributed by atoms with van der Waals surface area (Å²) in [5.74, 6) is 0. The third-order valence-electron chi connectivity index (χ3n) is 2.43. The summed E-state index contributed by atoms with van der Waals surface area (Å²) in [5, 5.41) is 3.14. The predicted octanol–water partition coefficient (Wildman–Crippen LogP) is 3.36. The Labute approximate surface area is 107 Å². The van der Waals surface area contributed by atoms with Crippen LogP contribution in [0.4, 0.5) is 0 Å². The molecule has 0 unspecified atom stereocenters. The van der Waals surface area contributed by atoms with Gasteiger partial charge in [0.15, 0.2) is 0 Å². The molecule has 0 aliphatic carbocycles. The highest BCUT2D eigenvalue weighted by atomic mass is 79.9. The molecule has 1 aromatic carbocycles. The van der Waals surface area contributed by atoms with Gasteiger partial charge in [-0.15, -0.1) is 0 Å². The molecule has 0 heterocycles. The highest BCUT2D eigenvalue weighted by Crippen LogP contribution is 2.16. The van der Waals surface area contributed by atoms with E-state index in [9.17, 15) is 0 Å². The summed E-state index contributed by atoms with van der Waals surface area (Å²) in [6.07, 6.45) is 3.61. The second kappa shape index (κ2) is 8.74. The van der Waals surface area contributed by atoms with Gasteiger partial charge in [-0.3, -0.25) is 0 Å².